The van der Waals surface area contributed by atoms with Crippen LogP contribution < -0.4 is 10.2 Å². The SMILES string of the molecule is O=c1ccn(CC2CC3CC3C2)c2c(OC(F)(F)F)cccc12. The smallest absolute Gasteiger partial charge is 0.404 e. The molecule has 2 aromatic rings. The summed E-state index contributed by atoms with van der Waals surface area (Å²) in [5, 5.41) is 0.261. The molecule has 1 heterocycles. The van der Waals surface area contributed by atoms with Gasteiger partial charge in [0.05, 0.1) is 5.52 Å². The zero-order valence-electron chi connectivity index (χ0n) is 12.3. The standard InChI is InChI=1S/C17H16F3NO2/c18-17(19,20)23-15-3-1-2-13-14(22)4-5-21(16(13)15)9-10-6-11-8-12(11)7-10/h1-5,10-12H,6-9H2. The molecular weight excluding hydrogens is 307 g/mol. The molecule has 1 aromatic carbocycles. The van der Waals surface area contributed by atoms with Gasteiger partial charge in [0, 0.05) is 24.2 Å². The number of ether oxygens (including phenoxy) is 1. The number of pyridine rings is 1. The van der Waals surface area contributed by atoms with Crippen LogP contribution in [0.5, 0.6) is 5.75 Å². The molecular formula is C17H16F3NO2. The van der Waals surface area contributed by atoms with Crippen LogP contribution in [0.15, 0.2) is 35.3 Å². The van der Waals surface area contributed by atoms with Gasteiger partial charge in [-0.1, -0.05) is 6.07 Å². The Morgan fingerprint density at radius 3 is 2.57 bits per heavy atom. The Bertz CT molecular complexity index is 802. The number of benzene rings is 1. The third-order valence-electron chi connectivity index (χ3n) is 4.98. The predicted octanol–water partition coefficient (Wildman–Crippen LogP) is 3.95. The second kappa shape index (κ2) is 5.01. The van der Waals surface area contributed by atoms with Crippen LogP contribution in [0.1, 0.15) is 19.3 Å². The first-order valence-corrected chi connectivity index (χ1v) is 7.78. The summed E-state index contributed by atoms with van der Waals surface area (Å²) in [5.41, 5.74) is -0.0592. The number of nitrogens with zero attached hydrogens (tertiary/aromatic N) is 1. The molecule has 3 nitrogen and oxygen atoms in total. The fraction of sp³-hybridized carbons (Fsp3) is 0.471. The molecule has 0 radical (unpaired) electrons. The first-order valence-electron chi connectivity index (χ1n) is 7.78. The molecule has 0 aliphatic heterocycles. The molecule has 0 N–H and O–H groups in total. The van der Waals surface area contributed by atoms with Gasteiger partial charge < -0.3 is 9.30 Å². The van der Waals surface area contributed by atoms with Gasteiger partial charge in [-0.3, -0.25) is 4.79 Å². The molecule has 6 heteroatoms. The maximum absolute atomic E-state index is 12.7. The summed E-state index contributed by atoms with van der Waals surface area (Å²) in [6.45, 7) is 0.627. The molecule has 122 valence electrons. The van der Waals surface area contributed by atoms with Gasteiger partial charge in [0.15, 0.2) is 11.2 Å². The van der Waals surface area contributed by atoms with E-state index in [-0.39, 0.29) is 22.1 Å². The molecule has 0 bridgehead atoms. The van der Waals surface area contributed by atoms with Crippen LogP contribution in [0.4, 0.5) is 13.2 Å². The lowest BCUT2D eigenvalue weighted by Gasteiger charge is -2.19. The van der Waals surface area contributed by atoms with Gasteiger partial charge in [-0.05, 0) is 49.1 Å². The summed E-state index contributed by atoms with van der Waals surface area (Å²) in [7, 11) is 0. The first-order chi connectivity index (χ1) is 10.9. The number of aromatic nitrogens is 1. The Morgan fingerprint density at radius 1 is 1.13 bits per heavy atom. The van der Waals surface area contributed by atoms with Crippen molar-refractivity contribution in [3.8, 4) is 5.75 Å². The van der Waals surface area contributed by atoms with Crippen LogP contribution >= 0.6 is 0 Å². The van der Waals surface area contributed by atoms with E-state index >= 15 is 0 Å². The van der Waals surface area contributed by atoms with Crippen LogP contribution in [0.2, 0.25) is 0 Å². The molecule has 2 fully saturated rings. The van der Waals surface area contributed by atoms with E-state index in [9.17, 15) is 18.0 Å². The number of fused-ring (bicyclic) bond motifs is 2. The molecule has 0 spiro atoms. The van der Waals surface area contributed by atoms with Crippen molar-refractivity contribution in [1.29, 1.82) is 0 Å². The van der Waals surface area contributed by atoms with E-state index < -0.39 is 6.36 Å². The molecule has 2 aliphatic carbocycles. The minimum atomic E-state index is -4.78. The van der Waals surface area contributed by atoms with E-state index in [0.29, 0.717) is 12.5 Å². The highest BCUT2D eigenvalue weighted by Gasteiger charge is 2.45. The highest BCUT2D eigenvalue weighted by Crippen LogP contribution is 2.54. The Kier molecular flexibility index (Phi) is 3.18. The summed E-state index contributed by atoms with van der Waals surface area (Å²) in [5.74, 6) is 1.76. The zero-order chi connectivity index (χ0) is 16.2. The van der Waals surface area contributed by atoms with Crippen molar-refractivity contribution in [1.82, 2.24) is 4.57 Å². The van der Waals surface area contributed by atoms with Crippen molar-refractivity contribution in [2.75, 3.05) is 0 Å². The summed E-state index contributed by atoms with van der Waals surface area (Å²) in [6, 6.07) is 5.64. The van der Waals surface area contributed by atoms with Crippen molar-refractivity contribution in [2.45, 2.75) is 32.2 Å². The van der Waals surface area contributed by atoms with E-state index in [2.05, 4.69) is 4.74 Å². The molecule has 2 atom stereocenters. The van der Waals surface area contributed by atoms with Crippen LogP contribution in [-0.4, -0.2) is 10.9 Å². The van der Waals surface area contributed by atoms with Crippen molar-refractivity contribution < 1.29 is 17.9 Å². The lowest BCUT2D eigenvalue weighted by atomic mass is 10.0. The number of hydrogen-bond donors (Lipinski definition) is 0. The van der Waals surface area contributed by atoms with E-state index in [0.717, 1.165) is 24.7 Å². The second-order valence-corrected chi connectivity index (χ2v) is 6.63. The zero-order valence-corrected chi connectivity index (χ0v) is 12.3. The molecule has 0 saturated heterocycles. The third kappa shape index (κ3) is 2.82. The lowest BCUT2D eigenvalue weighted by Crippen LogP contribution is -2.20. The Balaban J connectivity index is 1.76. The molecule has 2 aliphatic rings. The van der Waals surface area contributed by atoms with Crippen LogP contribution in [-0.2, 0) is 6.54 Å². The van der Waals surface area contributed by atoms with E-state index in [1.54, 1.807) is 16.8 Å². The number of rotatable bonds is 3. The Hall–Kier alpha value is -1.98. The molecule has 1 aromatic heterocycles. The molecule has 0 amide bonds. The maximum Gasteiger partial charge on any atom is 0.573 e. The molecule has 2 unspecified atom stereocenters. The van der Waals surface area contributed by atoms with Crippen LogP contribution in [0.25, 0.3) is 10.9 Å². The van der Waals surface area contributed by atoms with Crippen LogP contribution in [0.3, 0.4) is 0 Å². The second-order valence-electron chi connectivity index (χ2n) is 6.63. The topological polar surface area (TPSA) is 31.2 Å². The van der Waals surface area contributed by atoms with E-state index in [4.69, 9.17) is 0 Å². The summed E-state index contributed by atoms with van der Waals surface area (Å²) in [6.07, 6.45) is 0.350. The minimum Gasteiger partial charge on any atom is -0.404 e. The van der Waals surface area contributed by atoms with Crippen molar-refractivity contribution in [3.63, 3.8) is 0 Å². The quantitative estimate of drug-likeness (QED) is 0.856. The van der Waals surface area contributed by atoms with Gasteiger partial charge in [0.1, 0.15) is 0 Å². The fourth-order valence-corrected chi connectivity index (χ4v) is 3.97. The summed E-state index contributed by atoms with van der Waals surface area (Å²) in [4.78, 5) is 12.0. The average molecular weight is 323 g/mol. The van der Waals surface area contributed by atoms with Gasteiger partial charge in [-0.25, -0.2) is 0 Å². The van der Waals surface area contributed by atoms with Crippen molar-refractivity contribution in [2.24, 2.45) is 17.8 Å². The first kappa shape index (κ1) is 14.6. The number of para-hydroxylation sites is 1. The van der Waals surface area contributed by atoms with Crippen molar-refractivity contribution >= 4 is 10.9 Å². The Morgan fingerprint density at radius 2 is 1.87 bits per heavy atom. The van der Waals surface area contributed by atoms with Crippen molar-refractivity contribution in [3.05, 3.63) is 40.7 Å². The van der Waals surface area contributed by atoms with Gasteiger partial charge in [-0.2, -0.15) is 0 Å². The van der Waals surface area contributed by atoms with Crippen LogP contribution in [0, 0.1) is 17.8 Å². The largest absolute Gasteiger partial charge is 0.573 e. The number of halogens is 3. The van der Waals surface area contributed by atoms with Gasteiger partial charge in [0.2, 0.25) is 0 Å². The summed E-state index contributed by atoms with van der Waals surface area (Å²) < 4.78 is 43.9. The molecule has 2 saturated carbocycles. The van der Waals surface area contributed by atoms with Gasteiger partial charge >= 0.3 is 6.36 Å². The van der Waals surface area contributed by atoms with E-state index in [1.165, 1.54) is 24.6 Å². The lowest BCUT2D eigenvalue weighted by molar-refractivity contribution is -0.274. The summed E-state index contributed by atoms with van der Waals surface area (Å²) >= 11 is 0. The molecule has 23 heavy (non-hydrogen) atoms. The highest BCUT2D eigenvalue weighted by atomic mass is 19.4. The monoisotopic (exact) mass is 323 g/mol. The average Bonchev–Trinajstić information content (AvgIpc) is 3.08. The number of alkyl halides is 3. The third-order valence-corrected chi connectivity index (χ3v) is 4.98. The fourth-order valence-electron chi connectivity index (χ4n) is 3.97. The minimum absolute atomic E-state index is 0.234. The predicted molar refractivity (Wildman–Crippen MR) is 79.2 cm³/mol. The normalized spacial score (nSPS) is 26.3. The van der Waals surface area contributed by atoms with E-state index in [1.807, 2.05) is 0 Å². The van der Waals surface area contributed by atoms with Gasteiger partial charge in [0.25, 0.3) is 0 Å². The maximum atomic E-state index is 12.7. The molecule has 4 rings (SSSR count). The van der Waals surface area contributed by atoms with Gasteiger partial charge in [-0.15, -0.1) is 13.2 Å². The highest BCUT2D eigenvalue weighted by molar-refractivity contribution is 5.84. The number of hydrogen-bond acceptors (Lipinski definition) is 2. The Labute approximate surface area is 130 Å².